The van der Waals surface area contributed by atoms with Crippen molar-refractivity contribution in [3.8, 4) is 0 Å². The number of aliphatic hydroxyl groups excluding tert-OH is 1. The van der Waals surface area contributed by atoms with Crippen LogP contribution in [0.4, 0.5) is 0 Å². The van der Waals surface area contributed by atoms with Gasteiger partial charge in [-0.2, -0.15) is 0 Å². The largest absolute Gasteiger partial charge is 0.459 e. The molecule has 2 unspecified atom stereocenters. The van der Waals surface area contributed by atoms with Gasteiger partial charge >= 0.3 is 0 Å². The molecule has 0 spiro atoms. The maximum atomic E-state index is 13.0. The fourth-order valence-electron chi connectivity index (χ4n) is 3.69. The van der Waals surface area contributed by atoms with Crippen molar-refractivity contribution in [3.63, 3.8) is 0 Å². The Morgan fingerprint density at radius 1 is 1.11 bits per heavy atom. The molecule has 0 bridgehead atoms. The second kappa shape index (κ2) is 9.06. The van der Waals surface area contributed by atoms with Crippen molar-refractivity contribution in [2.75, 3.05) is 13.1 Å². The van der Waals surface area contributed by atoms with Crippen LogP contribution in [0.25, 0.3) is 0 Å². The number of hydrogen-bond donors (Lipinski definition) is 2. The van der Waals surface area contributed by atoms with Gasteiger partial charge in [0.1, 0.15) is 6.04 Å². The Kier molecular flexibility index (Phi) is 6.52. The minimum Gasteiger partial charge on any atom is -0.459 e. The smallest absolute Gasteiger partial charge is 0.287 e. The number of nitrogens with zero attached hydrogens (tertiary/aromatic N) is 1. The van der Waals surface area contributed by atoms with Crippen LogP contribution in [0.3, 0.4) is 0 Å². The molecular weight excluding hydrogens is 356 g/mol. The van der Waals surface area contributed by atoms with E-state index in [1.54, 1.807) is 17.0 Å². The van der Waals surface area contributed by atoms with Gasteiger partial charge in [-0.1, -0.05) is 44.2 Å². The predicted molar refractivity (Wildman–Crippen MR) is 106 cm³/mol. The third kappa shape index (κ3) is 4.62. The molecule has 1 aromatic carbocycles. The van der Waals surface area contributed by atoms with Gasteiger partial charge in [0.2, 0.25) is 5.91 Å². The Labute approximate surface area is 165 Å². The van der Waals surface area contributed by atoms with E-state index in [1.165, 1.54) is 6.26 Å². The molecule has 2 heterocycles. The Morgan fingerprint density at radius 2 is 1.79 bits per heavy atom. The number of hydrogen-bond acceptors (Lipinski definition) is 4. The van der Waals surface area contributed by atoms with Crippen LogP contribution in [0.5, 0.6) is 0 Å². The molecule has 6 heteroatoms. The summed E-state index contributed by atoms with van der Waals surface area (Å²) in [5.74, 6) is -0.183. The van der Waals surface area contributed by atoms with Crippen LogP contribution in [0.1, 0.15) is 48.9 Å². The van der Waals surface area contributed by atoms with Crippen LogP contribution >= 0.6 is 0 Å². The summed E-state index contributed by atoms with van der Waals surface area (Å²) in [4.78, 5) is 27.1. The number of rotatable bonds is 6. The molecule has 28 heavy (non-hydrogen) atoms. The van der Waals surface area contributed by atoms with Crippen LogP contribution in [-0.4, -0.2) is 41.0 Å². The number of carbonyl (C=O) groups is 2. The monoisotopic (exact) mass is 384 g/mol. The molecule has 0 radical (unpaired) electrons. The van der Waals surface area contributed by atoms with Gasteiger partial charge in [0.05, 0.1) is 12.4 Å². The van der Waals surface area contributed by atoms with Crippen LogP contribution in [0.15, 0.2) is 53.1 Å². The van der Waals surface area contributed by atoms with Gasteiger partial charge < -0.3 is 19.7 Å². The van der Waals surface area contributed by atoms with Gasteiger partial charge in [0.25, 0.3) is 5.91 Å². The number of furan rings is 1. The Morgan fingerprint density at radius 3 is 2.36 bits per heavy atom. The summed E-state index contributed by atoms with van der Waals surface area (Å²) < 4.78 is 5.12. The number of aliphatic hydroxyl groups is 1. The summed E-state index contributed by atoms with van der Waals surface area (Å²) in [7, 11) is 0. The Hall–Kier alpha value is -2.60. The predicted octanol–water partition coefficient (Wildman–Crippen LogP) is 3.01. The van der Waals surface area contributed by atoms with E-state index in [0.29, 0.717) is 13.1 Å². The number of carbonyl (C=O) groups excluding carboxylic acids is 2. The van der Waals surface area contributed by atoms with Crippen molar-refractivity contribution in [2.24, 2.45) is 11.8 Å². The number of benzene rings is 1. The summed E-state index contributed by atoms with van der Waals surface area (Å²) in [6, 6.07) is 12.3. The van der Waals surface area contributed by atoms with Crippen molar-refractivity contribution >= 4 is 11.8 Å². The molecule has 0 saturated carbocycles. The zero-order valence-electron chi connectivity index (χ0n) is 16.4. The maximum absolute atomic E-state index is 13.0. The molecule has 2 N–H and O–H groups in total. The lowest BCUT2D eigenvalue weighted by molar-refractivity contribution is -0.136. The lowest BCUT2D eigenvalue weighted by atomic mass is 9.87. The van der Waals surface area contributed by atoms with Gasteiger partial charge in [0.15, 0.2) is 5.76 Å². The highest BCUT2D eigenvalue weighted by molar-refractivity contribution is 5.95. The lowest BCUT2D eigenvalue weighted by Gasteiger charge is -2.37. The molecule has 1 aromatic heterocycles. The van der Waals surface area contributed by atoms with E-state index in [-0.39, 0.29) is 29.4 Å². The van der Waals surface area contributed by atoms with Crippen molar-refractivity contribution in [1.29, 1.82) is 0 Å². The number of nitrogens with one attached hydrogen (secondary N) is 1. The second-order valence-corrected chi connectivity index (χ2v) is 7.69. The second-order valence-electron chi connectivity index (χ2n) is 7.69. The highest BCUT2D eigenvalue weighted by Gasteiger charge is 2.33. The highest BCUT2D eigenvalue weighted by Crippen LogP contribution is 2.31. The van der Waals surface area contributed by atoms with E-state index >= 15 is 0 Å². The van der Waals surface area contributed by atoms with Gasteiger partial charge in [0, 0.05) is 13.1 Å². The van der Waals surface area contributed by atoms with Crippen molar-refractivity contribution in [1.82, 2.24) is 10.2 Å². The first-order valence-electron chi connectivity index (χ1n) is 9.83. The first-order valence-corrected chi connectivity index (χ1v) is 9.83. The Balaban J connectivity index is 1.58. The fourth-order valence-corrected chi connectivity index (χ4v) is 3.69. The third-order valence-electron chi connectivity index (χ3n) is 5.40. The van der Waals surface area contributed by atoms with E-state index in [9.17, 15) is 14.7 Å². The molecule has 2 amide bonds. The topological polar surface area (TPSA) is 82.8 Å². The standard InChI is InChI=1S/C22H28N2O4/c1-15(2)19(23-21(26)18-9-6-14-28-18)22(27)24-12-10-17(11-13-24)20(25)16-7-4-3-5-8-16/h3-9,14-15,17,19-20,25H,10-13H2,1-2H3,(H,23,26). The van der Waals surface area contributed by atoms with E-state index in [0.717, 1.165) is 18.4 Å². The zero-order chi connectivity index (χ0) is 20.1. The highest BCUT2D eigenvalue weighted by atomic mass is 16.3. The number of likely N-dealkylation sites (tertiary alicyclic amines) is 1. The maximum Gasteiger partial charge on any atom is 0.287 e. The van der Waals surface area contributed by atoms with Crippen molar-refractivity contribution in [2.45, 2.75) is 38.8 Å². The van der Waals surface area contributed by atoms with Crippen LogP contribution in [0.2, 0.25) is 0 Å². The van der Waals surface area contributed by atoms with E-state index in [4.69, 9.17) is 4.42 Å². The molecule has 1 aliphatic rings. The summed E-state index contributed by atoms with van der Waals surface area (Å²) in [5, 5.41) is 13.4. The summed E-state index contributed by atoms with van der Waals surface area (Å²) in [6.45, 7) is 4.98. The molecule has 1 saturated heterocycles. The first kappa shape index (κ1) is 20.1. The summed E-state index contributed by atoms with van der Waals surface area (Å²) in [5.41, 5.74) is 0.915. The average Bonchev–Trinajstić information content (AvgIpc) is 3.26. The first-order chi connectivity index (χ1) is 13.5. The summed E-state index contributed by atoms with van der Waals surface area (Å²) >= 11 is 0. The third-order valence-corrected chi connectivity index (χ3v) is 5.40. The van der Waals surface area contributed by atoms with Gasteiger partial charge in [-0.15, -0.1) is 0 Å². The van der Waals surface area contributed by atoms with Gasteiger partial charge in [-0.05, 0) is 42.4 Å². The Bertz CT molecular complexity index is 765. The minimum absolute atomic E-state index is 0.0426. The van der Waals surface area contributed by atoms with Gasteiger partial charge in [-0.3, -0.25) is 9.59 Å². The normalized spacial score (nSPS) is 17.4. The van der Waals surface area contributed by atoms with E-state index in [1.807, 2.05) is 44.2 Å². The molecule has 6 nitrogen and oxygen atoms in total. The SMILES string of the molecule is CC(C)C(NC(=O)c1ccco1)C(=O)N1CCC(C(O)c2ccccc2)CC1. The van der Waals surface area contributed by atoms with E-state index < -0.39 is 12.1 Å². The molecule has 150 valence electrons. The number of amides is 2. The minimum atomic E-state index is -0.604. The van der Waals surface area contributed by atoms with Gasteiger partial charge in [-0.25, -0.2) is 0 Å². The quantitative estimate of drug-likeness (QED) is 0.802. The average molecular weight is 384 g/mol. The molecule has 2 atom stereocenters. The number of piperidine rings is 1. The van der Waals surface area contributed by atoms with E-state index in [2.05, 4.69) is 5.32 Å². The molecular formula is C22H28N2O4. The van der Waals surface area contributed by atoms with Crippen molar-refractivity contribution in [3.05, 3.63) is 60.1 Å². The summed E-state index contributed by atoms with van der Waals surface area (Å²) in [6.07, 6.45) is 2.39. The lowest BCUT2D eigenvalue weighted by Crippen LogP contribution is -2.53. The molecule has 1 aliphatic heterocycles. The van der Waals surface area contributed by atoms with Crippen LogP contribution in [-0.2, 0) is 4.79 Å². The fraction of sp³-hybridized carbons (Fsp3) is 0.455. The molecule has 3 rings (SSSR count). The van der Waals surface area contributed by atoms with Crippen molar-refractivity contribution < 1.29 is 19.1 Å². The zero-order valence-corrected chi connectivity index (χ0v) is 16.4. The molecule has 2 aromatic rings. The molecule has 0 aliphatic carbocycles. The van der Waals surface area contributed by atoms with Crippen LogP contribution < -0.4 is 5.32 Å². The molecule has 1 fully saturated rings. The van der Waals surface area contributed by atoms with Crippen LogP contribution in [0, 0.1) is 11.8 Å².